The lowest BCUT2D eigenvalue weighted by Gasteiger charge is -2.17. The van der Waals surface area contributed by atoms with Crippen LogP contribution in [0.2, 0.25) is 0 Å². The topological polar surface area (TPSA) is 70.4 Å². The van der Waals surface area contributed by atoms with Crippen LogP contribution < -0.4 is 16.4 Å². The Balaban J connectivity index is 1.47. The maximum absolute atomic E-state index is 12.9. The number of anilines is 2. The Morgan fingerprint density at radius 2 is 2.04 bits per heavy atom. The van der Waals surface area contributed by atoms with E-state index in [4.69, 9.17) is 5.73 Å². The van der Waals surface area contributed by atoms with Crippen LogP contribution in [0.3, 0.4) is 0 Å². The van der Waals surface area contributed by atoms with E-state index in [9.17, 15) is 9.18 Å². The molecule has 5 nitrogen and oxygen atoms in total. The summed E-state index contributed by atoms with van der Waals surface area (Å²) in [6.45, 7) is 2.55. The lowest BCUT2D eigenvalue weighted by atomic mass is 10.2. The van der Waals surface area contributed by atoms with Crippen molar-refractivity contribution in [2.75, 3.05) is 24.1 Å². The van der Waals surface area contributed by atoms with E-state index in [2.05, 4.69) is 21.6 Å². The molecule has 1 aliphatic rings. The third-order valence-electron chi connectivity index (χ3n) is 4.07. The van der Waals surface area contributed by atoms with Crippen molar-refractivity contribution in [1.82, 2.24) is 10.2 Å². The minimum absolute atomic E-state index is 0.103. The second-order valence-corrected chi connectivity index (χ2v) is 6.07. The summed E-state index contributed by atoms with van der Waals surface area (Å²) < 4.78 is 12.9. The Hall–Kier alpha value is -2.60. The summed E-state index contributed by atoms with van der Waals surface area (Å²) in [5.74, 6) is -0.325. The van der Waals surface area contributed by atoms with E-state index in [1.165, 1.54) is 29.8 Å². The van der Waals surface area contributed by atoms with Gasteiger partial charge in [0.2, 0.25) is 0 Å². The van der Waals surface area contributed by atoms with Gasteiger partial charge in [-0.25, -0.2) is 9.18 Å². The largest absolute Gasteiger partial charge is 0.399 e. The number of nitrogens with one attached hydrogen (secondary N) is 2. The maximum atomic E-state index is 12.9. The molecule has 0 aromatic heterocycles. The zero-order chi connectivity index (χ0) is 16.9. The molecule has 1 saturated heterocycles. The number of hydrogen-bond acceptors (Lipinski definition) is 3. The second kappa shape index (κ2) is 7.31. The number of likely N-dealkylation sites (tertiary alicyclic amines) is 1. The Labute approximate surface area is 140 Å². The number of nitrogens with two attached hydrogens (primary N) is 1. The van der Waals surface area contributed by atoms with Crippen molar-refractivity contribution >= 4 is 17.4 Å². The van der Waals surface area contributed by atoms with Gasteiger partial charge in [0.1, 0.15) is 5.82 Å². The lowest BCUT2D eigenvalue weighted by Crippen LogP contribution is -2.39. The predicted octanol–water partition coefficient (Wildman–Crippen LogP) is 2.80. The third-order valence-corrected chi connectivity index (χ3v) is 4.07. The molecule has 1 atom stereocenters. The molecule has 3 rings (SSSR count). The molecule has 0 aliphatic carbocycles. The first kappa shape index (κ1) is 16.3. The van der Waals surface area contributed by atoms with Gasteiger partial charge < -0.3 is 16.4 Å². The third kappa shape index (κ3) is 4.45. The minimum atomic E-state index is -0.325. The molecular formula is C18H21FN4O. The van der Waals surface area contributed by atoms with Crippen molar-refractivity contribution in [2.24, 2.45) is 0 Å². The smallest absolute Gasteiger partial charge is 0.319 e. The summed E-state index contributed by atoms with van der Waals surface area (Å²) in [5.41, 5.74) is 8.31. The van der Waals surface area contributed by atoms with Gasteiger partial charge in [0.25, 0.3) is 0 Å². The van der Waals surface area contributed by atoms with Crippen LogP contribution in [0.1, 0.15) is 12.0 Å². The zero-order valence-electron chi connectivity index (χ0n) is 13.3. The fraction of sp³-hybridized carbons (Fsp3) is 0.278. The van der Waals surface area contributed by atoms with Crippen molar-refractivity contribution in [3.63, 3.8) is 0 Å². The number of amides is 2. The highest BCUT2D eigenvalue weighted by Crippen LogP contribution is 2.15. The second-order valence-electron chi connectivity index (χ2n) is 6.07. The Morgan fingerprint density at radius 3 is 2.79 bits per heavy atom. The number of hydrogen-bond donors (Lipinski definition) is 3. The van der Waals surface area contributed by atoms with E-state index in [-0.39, 0.29) is 17.9 Å². The van der Waals surface area contributed by atoms with E-state index in [0.717, 1.165) is 31.7 Å². The average molecular weight is 328 g/mol. The van der Waals surface area contributed by atoms with Gasteiger partial charge in [-0.3, -0.25) is 4.90 Å². The Kier molecular flexibility index (Phi) is 4.96. The molecule has 6 heteroatoms. The minimum Gasteiger partial charge on any atom is -0.399 e. The average Bonchev–Trinajstić information content (AvgIpc) is 2.96. The van der Waals surface area contributed by atoms with Crippen LogP contribution >= 0.6 is 0 Å². The predicted molar refractivity (Wildman–Crippen MR) is 93.1 cm³/mol. The molecule has 1 fully saturated rings. The van der Waals surface area contributed by atoms with Gasteiger partial charge in [0, 0.05) is 37.1 Å². The molecular weight excluding hydrogens is 307 g/mol. The summed E-state index contributed by atoms with van der Waals surface area (Å²) in [7, 11) is 0. The molecule has 2 aromatic rings. The Bertz CT molecular complexity index is 704. The molecule has 2 amide bonds. The first-order chi connectivity index (χ1) is 11.6. The van der Waals surface area contributed by atoms with Crippen molar-refractivity contribution < 1.29 is 9.18 Å². The van der Waals surface area contributed by atoms with E-state index in [1.807, 2.05) is 18.2 Å². The quantitative estimate of drug-likeness (QED) is 0.756. The van der Waals surface area contributed by atoms with E-state index >= 15 is 0 Å². The molecule has 4 N–H and O–H groups in total. The SMILES string of the molecule is Nc1cccc(CN2CCC(NC(=O)Nc3ccc(F)cc3)C2)c1. The summed E-state index contributed by atoms with van der Waals surface area (Å²) in [6, 6.07) is 13.4. The number of carbonyl (C=O) groups excluding carboxylic acids is 1. The molecule has 1 heterocycles. The van der Waals surface area contributed by atoms with Crippen molar-refractivity contribution in [1.29, 1.82) is 0 Å². The van der Waals surface area contributed by atoms with Crippen molar-refractivity contribution in [3.05, 3.63) is 59.9 Å². The molecule has 2 aromatic carbocycles. The van der Waals surface area contributed by atoms with E-state index in [0.29, 0.717) is 5.69 Å². The summed E-state index contributed by atoms with van der Waals surface area (Å²) >= 11 is 0. The molecule has 0 spiro atoms. The summed E-state index contributed by atoms with van der Waals surface area (Å²) in [6.07, 6.45) is 0.902. The number of nitrogen functional groups attached to an aromatic ring is 1. The van der Waals surface area contributed by atoms with Gasteiger partial charge in [-0.05, 0) is 48.4 Å². The van der Waals surface area contributed by atoms with Gasteiger partial charge in [-0.2, -0.15) is 0 Å². The number of benzene rings is 2. The van der Waals surface area contributed by atoms with Gasteiger partial charge in [-0.15, -0.1) is 0 Å². The molecule has 126 valence electrons. The van der Waals surface area contributed by atoms with E-state index in [1.54, 1.807) is 0 Å². The number of carbonyl (C=O) groups is 1. The van der Waals surface area contributed by atoms with Gasteiger partial charge >= 0.3 is 6.03 Å². The first-order valence-electron chi connectivity index (χ1n) is 7.98. The highest BCUT2D eigenvalue weighted by Gasteiger charge is 2.23. The zero-order valence-corrected chi connectivity index (χ0v) is 13.3. The van der Waals surface area contributed by atoms with Gasteiger partial charge in [0.05, 0.1) is 0 Å². The van der Waals surface area contributed by atoms with E-state index < -0.39 is 0 Å². The number of urea groups is 1. The van der Waals surface area contributed by atoms with Crippen LogP contribution in [0.25, 0.3) is 0 Å². The summed E-state index contributed by atoms with van der Waals surface area (Å²) in [5, 5.41) is 5.68. The lowest BCUT2D eigenvalue weighted by molar-refractivity contribution is 0.247. The normalized spacial score (nSPS) is 17.6. The molecule has 0 radical (unpaired) electrons. The molecule has 1 unspecified atom stereocenters. The molecule has 0 bridgehead atoms. The monoisotopic (exact) mass is 328 g/mol. The number of halogens is 1. The van der Waals surface area contributed by atoms with Crippen LogP contribution in [0.15, 0.2) is 48.5 Å². The van der Waals surface area contributed by atoms with Crippen molar-refractivity contribution in [2.45, 2.75) is 19.0 Å². The molecule has 1 aliphatic heterocycles. The Morgan fingerprint density at radius 1 is 1.25 bits per heavy atom. The van der Waals surface area contributed by atoms with Gasteiger partial charge in [0.15, 0.2) is 0 Å². The number of nitrogens with zero attached hydrogens (tertiary/aromatic N) is 1. The first-order valence-corrected chi connectivity index (χ1v) is 7.98. The van der Waals surface area contributed by atoms with Crippen LogP contribution in [0, 0.1) is 5.82 Å². The standard InChI is InChI=1S/C18H21FN4O/c19-14-4-6-16(7-5-14)21-18(24)22-17-8-9-23(12-17)11-13-2-1-3-15(20)10-13/h1-7,10,17H,8-9,11-12,20H2,(H2,21,22,24). The highest BCUT2D eigenvalue weighted by atomic mass is 19.1. The van der Waals surface area contributed by atoms with Crippen molar-refractivity contribution in [3.8, 4) is 0 Å². The van der Waals surface area contributed by atoms with Gasteiger partial charge in [-0.1, -0.05) is 12.1 Å². The molecule has 0 saturated carbocycles. The van der Waals surface area contributed by atoms with Crippen LogP contribution in [0.5, 0.6) is 0 Å². The highest BCUT2D eigenvalue weighted by molar-refractivity contribution is 5.89. The molecule has 24 heavy (non-hydrogen) atoms. The fourth-order valence-corrected chi connectivity index (χ4v) is 2.93. The number of rotatable bonds is 4. The van der Waals surface area contributed by atoms with Crippen LogP contribution in [0.4, 0.5) is 20.6 Å². The maximum Gasteiger partial charge on any atom is 0.319 e. The van der Waals surface area contributed by atoms with Crippen LogP contribution in [-0.4, -0.2) is 30.1 Å². The van der Waals surface area contributed by atoms with Crippen LogP contribution in [-0.2, 0) is 6.54 Å². The fourth-order valence-electron chi connectivity index (χ4n) is 2.93. The summed E-state index contributed by atoms with van der Waals surface area (Å²) in [4.78, 5) is 14.3.